The summed E-state index contributed by atoms with van der Waals surface area (Å²) in [4.78, 5) is 21.0. The van der Waals surface area contributed by atoms with Gasteiger partial charge >= 0.3 is 0 Å². The van der Waals surface area contributed by atoms with Crippen LogP contribution in [-0.4, -0.2) is 81.3 Å². The number of benzene rings is 1. The summed E-state index contributed by atoms with van der Waals surface area (Å²) in [5.74, 6) is 1.92. The van der Waals surface area contributed by atoms with Crippen molar-refractivity contribution in [2.45, 2.75) is 25.4 Å². The van der Waals surface area contributed by atoms with Crippen LogP contribution >= 0.6 is 0 Å². The molecule has 0 spiro atoms. The van der Waals surface area contributed by atoms with Gasteiger partial charge in [-0.3, -0.25) is 9.79 Å². The average Bonchev–Trinajstić information content (AvgIpc) is 3.26. The first kappa shape index (κ1) is 19.5. The van der Waals surface area contributed by atoms with E-state index in [1.807, 2.05) is 17.0 Å². The fraction of sp³-hybridized carbons (Fsp3) is 0.600. The molecule has 1 N–H and O–H groups in total. The van der Waals surface area contributed by atoms with Crippen LogP contribution in [0, 0.1) is 0 Å². The van der Waals surface area contributed by atoms with Gasteiger partial charge in [-0.1, -0.05) is 12.1 Å². The highest BCUT2D eigenvalue weighted by molar-refractivity contribution is 5.82. The topological polar surface area (TPSA) is 66.4 Å². The number of ether oxygens (including phenoxy) is 2. The Morgan fingerprint density at radius 1 is 1.30 bits per heavy atom. The van der Waals surface area contributed by atoms with Gasteiger partial charge in [0.2, 0.25) is 0 Å². The molecule has 2 saturated heterocycles. The number of nitrogens with zero attached hydrogens (tertiary/aromatic N) is 3. The molecule has 0 radical (unpaired) electrons. The summed E-state index contributed by atoms with van der Waals surface area (Å²) in [6.45, 7) is 4.52. The molecular weight excluding hydrogens is 344 g/mol. The van der Waals surface area contributed by atoms with Gasteiger partial charge in [-0.2, -0.15) is 0 Å². The molecular formula is C20H30N4O3. The maximum Gasteiger partial charge on any atom is 0.251 e. The second-order valence-electron chi connectivity index (χ2n) is 6.89. The molecule has 7 heteroatoms. The van der Waals surface area contributed by atoms with Crippen LogP contribution in [-0.2, 0) is 16.0 Å². The summed E-state index contributed by atoms with van der Waals surface area (Å²) in [6.07, 6.45) is 2.51. The minimum absolute atomic E-state index is 0.146. The van der Waals surface area contributed by atoms with E-state index in [0.717, 1.165) is 63.7 Å². The molecule has 1 aromatic carbocycles. The second kappa shape index (κ2) is 9.60. The molecule has 3 rings (SSSR count). The first-order chi connectivity index (χ1) is 13.2. The SMILES string of the molecule is CN=C(NCCc1cccc(OC)c1)N1CCN(C(=O)C2CCCO2)CC1. The van der Waals surface area contributed by atoms with E-state index in [4.69, 9.17) is 9.47 Å². The van der Waals surface area contributed by atoms with Gasteiger partial charge in [0.25, 0.3) is 5.91 Å². The lowest BCUT2D eigenvalue weighted by atomic mass is 10.1. The van der Waals surface area contributed by atoms with Crippen LogP contribution in [0.4, 0.5) is 0 Å². The summed E-state index contributed by atoms with van der Waals surface area (Å²) in [6, 6.07) is 8.11. The van der Waals surface area contributed by atoms with Crippen molar-refractivity contribution in [3.05, 3.63) is 29.8 Å². The maximum absolute atomic E-state index is 12.5. The van der Waals surface area contributed by atoms with E-state index in [1.165, 1.54) is 5.56 Å². The van der Waals surface area contributed by atoms with Crippen LogP contribution < -0.4 is 10.1 Å². The van der Waals surface area contributed by atoms with E-state index in [1.54, 1.807) is 14.2 Å². The molecule has 7 nitrogen and oxygen atoms in total. The van der Waals surface area contributed by atoms with Crippen molar-refractivity contribution in [1.29, 1.82) is 0 Å². The predicted octanol–water partition coefficient (Wildman–Crippen LogP) is 1.14. The third-order valence-electron chi connectivity index (χ3n) is 5.14. The molecule has 0 aromatic heterocycles. The fourth-order valence-electron chi connectivity index (χ4n) is 3.59. The van der Waals surface area contributed by atoms with E-state index in [2.05, 4.69) is 27.3 Å². The molecule has 2 fully saturated rings. The van der Waals surface area contributed by atoms with E-state index in [9.17, 15) is 4.79 Å². The number of piperazine rings is 1. The smallest absolute Gasteiger partial charge is 0.251 e. The van der Waals surface area contributed by atoms with Gasteiger partial charge in [-0.05, 0) is 37.0 Å². The second-order valence-corrected chi connectivity index (χ2v) is 6.89. The highest BCUT2D eigenvalue weighted by Crippen LogP contribution is 2.16. The zero-order chi connectivity index (χ0) is 19.1. The van der Waals surface area contributed by atoms with Crippen molar-refractivity contribution in [3.8, 4) is 5.75 Å². The number of hydrogen-bond acceptors (Lipinski definition) is 4. The van der Waals surface area contributed by atoms with E-state index in [0.29, 0.717) is 6.61 Å². The van der Waals surface area contributed by atoms with E-state index < -0.39 is 0 Å². The van der Waals surface area contributed by atoms with Crippen LogP contribution in [0.3, 0.4) is 0 Å². The molecule has 148 valence electrons. The summed E-state index contributed by atoms with van der Waals surface area (Å²) in [5.41, 5.74) is 1.23. The number of amides is 1. The Morgan fingerprint density at radius 3 is 2.74 bits per heavy atom. The van der Waals surface area contributed by atoms with Crippen LogP contribution in [0.1, 0.15) is 18.4 Å². The zero-order valence-electron chi connectivity index (χ0n) is 16.3. The Bertz CT molecular complexity index is 650. The Hall–Kier alpha value is -2.28. The first-order valence-electron chi connectivity index (χ1n) is 9.70. The number of carbonyl (C=O) groups is 1. The lowest BCUT2D eigenvalue weighted by Gasteiger charge is -2.37. The maximum atomic E-state index is 12.5. The lowest BCUT2D eigenvalue weighted by molar-refractivity contribution is -0.142. The van der Waals surface area contributed by atoms with Crippen molar-refractivity contribution in [1.82, 2.24) is 15.1 Å². The van der Waals surface area contributed by atoms with Crippen LogP contribution in [0.25, 0.3) is 0 Å². The number of aliphatic imine (C=N–C) groups is 1. The molecule has 2 aliphatic rings. The van der Waals surface area contributed by atoms with Gasteiger partial charge in [0, 0.05) is 46.4 Å². The van der Waals surface area contributed by atoms with E-state index >= 15 is 0 Å². The lowest BCUT2D eigenvalue weighted by Crippen LogP contribution is -2.55. The number of hydrogen-bond donors (Lipinski definition) is 1. The minimum Gasteiger partial charge on any atom is -0.497 e. The zero-order valence-corrected chi connectivity index (χ0v) is 16.3. The number of nitrogens with one attached hydrogen (secondary N) is 1. The summed E-state index contributed by atoms with van der Waals surface area (Å²) < 4.78 is 10.8. The Morgan fingerprint density at radius 2 is 2.07 bits per heavy atom. The van der Waals surface area contributed by atoms with Crippen molar-refractivity contribution in [2.24, 2.45) is 4.99 Å². The Labute approximate surface area is 161 Å². The molecule has 1 unspecified atom stereocenters. The van der Waals surface area contributed by atoms with Crippen molar-refractivity contribution >= 4 is 11.9 Å². The molecule has 2 heterocycles. The van der Waals surface area contributed by atoms with Crippen LogP contribution in [0.5, 0.6) is 5.75 Å². The average molecular weight is 374 g/mol. The molecule has 0 aliphatic carbocycles. The van der Waals surface area contributed by atoms with Gasteiger partial charge in [-0.15, -0.1) is 0 Å². The molecule has 1 atom stereocenters. The Kier molecular flexibility index (Phi) is 6.92. The summed E-state index contributed by atoms with van der Waals surface area (Å²) >= 11 is 0. The molecule has 1 amide bonds. The van der Waals surface area contributed by atoms with Crippen molar-refractivity contribution in [3.63, 3.8) is 0 Å². The van der Waals surface area contributed by atoms with Crippen LogP contribution in [0.15, 0.2) is 29.3 Å². The van der Waals surface area contributed by atoms with Crippen molar-refractivity contribution < 1.29 is 14.3 Å². The normalized spacial score (nSPS) is 20.7. The van der Waals surface area contributed by atoms with Gasteiger partial charge in [0.15, 0.2) is 5.96 Å². The summed E-state index contributed by atoms with van der Waals surface area (Å²) in [7, 11) is 3.49. The van der Waals surface area contributed by atoms with Gasteiger partial charge in [0.05, 0.1) is 7.11 Å². The predicted molar refractivity (Wildman–Crippen MR) is 105 cm³/mol. The number of methoxy groups -OCH3 is 1. The highest BCUT2D eigenvalue weighted by Gasteiger charge is 2.30. The van der Waals surface area contributed by atoms with Crippen molar-refractivity contribution in [2.75, 3.05) is 53.5 Å². The minimum atomic E-state index is -0.225. The third kappa shape index (κ3) is 5.13. The van der Waals surface area contributed by atoms with Gasteiger partial charge in [-0.25, -0.2) is 0 Å². The molecule has 0 bridgehead atoms. The van der Waals surface area contributed by atoms with Gasteiger partial charge < -0.3 is 24.6 Å². The Balaban J connectivity index is 1.44. The third-order valence-corrected chi connectivity index (χ3v) is 5.14. The highest BCUT2D eigenvalue weighted by atomic mass is 16.5. The largest absolute Gasteiger partial charge is 0.497 e. The monoisotopic (exact) mass is 374 g/mol. The molecule has 0 saturated carbocycles. The van der Waals surface area contributed by atoms with Crippen LogP contribution in [0.2, 0.25) is 0 Å². The number of guanidine groups is 1. The molecule has 2 aliphatic heterocycles. The number of rotatable bonds is 5. The quantitative estimate of drug-likeness (QED) is 0.618. The number of carbonyl (C=O) groups excluding carboxylic acids is 1. The van der Waals surface area contributed by atoms with E-state index in [-0.39, 0.29) is 12.0 Å². The standard InChI is InChI=1S/C20H30N4O3/c1-21-20(22-9-8-16-5-3-6-17(15-16)26-2)24-12-10-23(11-13-24)19(25)18-7-4-14-27-18/h3,5-6,15,18H,4,7-14H2,1-2H3,(H,21,22). The molecule has 1 aromatic rings. The first-order valence-corrected chi connectivity index (χ1v) is 9.70. The van der Waals surface area contributed by atoms with Gasteiger partial charge in [0.1, 0.15) is 11.9 Å². The molecule has 27 heavy (non-hydrogen) atoms. The fourth-order valence-corrected chi connectivity index (χ4v) is 3.59. The summed E-state index contributed by atoms with van der Waals surface area (Å²) in [5, 5.41) is 3.43.